The summed E-state index contributed by atoms with van der Waals surface area (Å²) in [6.07, 6.45) is 3.27. The first-order valence-electron chi connectivity index (χ1n) is 10.0. The highest BCUT2D eigenvalue weighted by molar-refractivity contribution is 5.80. The molecular formula is C23H30N2O3. The number of benzene rings is 2. The fourth-order valence-electron chi connectivity index (χ4n) is 3.53. The highest BCUT2D eigenvalue weighted by Gasteiger charge is 2.17. The molecule has 28 heavy (non-hydrogen) atoms. The van der Waals surface area contributed by atoms with Crippen molar-refractivity contribution in [3.8, 4) is 11.5 Å². The molecule has 1 fully saturated rings. The minimum Gasteiger partial charge on any atom is -0.493 e. The lowest BCUT2D eigenvalue weighted by Crippen LogP contribution is -2.36. The molecular weight excluding hydrogens is 352 g/mol. The molecule has 1 aliphatic rings. The molecule has 2 aromatic rings. The van der Waals surface area contributed by atoms with E-state index in [1.807, 2.05) is 24.3 Å². The van der Waals surface area contributed by atoms with Crippen molar-refractivity contribution in [3.05, 3.63) is 59.7 Å². The molecule has 1 N–H and O–H groups in total. The van der Waals surface area contributed by atoms with Gasteiger partial charge in [0, 0.05) is 13.1 Å². The van der Waals surface area contributed by atoms with E-state index in [0.29, 0.717) is 18.0 Å². The maximum atomic E-state index is 12.5. The fraction of sp³-hybridized carbons (Fsp3) is 0.435. The molecule has 0 aromatic heterocycles. The van der Waals surface area contributed by atoms with Gasteiger partial charge in [0.2, 0.25) is 0 Å². The minimum absolute atomic E-state index is 0.140. The van der Waals surface area contributed by atoms with Crippen molar-refractivity contribution in [2.75, 3.05) is 20.2 Å². The number of hydrogen-bond acceptors (Lipinski definition) is 4. The molecule has 3 rings (SSSR count). The molecule has 5 nitrogen and oxygen atoms in total. The van der Waals surface area contributed by atoms with Gasteiger partial charge in [-0.3, -0.25) is 9.69 Å². The van der Waals surface area contributed by atoms with E-state index in [-0.39, 0.29) is 5.91 Å². The van der Waals surface area contributed by atoms with Gasteiger partial charge in [0.05, 0.1) is 7.11 Å². The van der Waals surface area contributed by atoms with Gasteiger partial charge in [0.25, 0.3) is 5.91 Å². The Kier molecular flexibility index (Phi) is 7.31. The van der Waals surface area contributed by atoms with Gasteiger partial charge in [-0.25, -0.2) is 0 Å². The van der Waals surface area contributed by atoms with Crippen molar-refractivity contribution in [1.29, 1.82) is 0 Å². The Labute approximate surface area is 167 Å². The summed E-state index contributed by atoms with van der Waals surface area (Å²) in [5.41, 5.74) is 2.44. The number of amides is 1. The Morgan fingerprint density at radius 3 is 2.36 bits per heavy atom. The van der Waals surface area contributed by atoms with Crippen LogP contribution in [0, 0.1) is 0 Å². The lowest BCUT2D eigenvalue weighted by Gasteiger charge is -2.27. The van der Waals surface area contributed by atoms with Crippen molar-refractivity contribution in [1.82, 2.24) is 10.2 Å². The monoisotopic (exact) mass is 382 g/mol. The van der Waals surface area contributed by atoms with Crippen LogP contribution in [0.5, 0.6) is 11.5 Å². The van der Waals surface area contributed by atoms with E-state index in [1.165, 1.54) is 24.8 Å². The summed E-state index contributed by atoms with van der Waals surface area (Å²) in [7, 11) is 1.59. The van der Waals surface area contributed by atoms with E-state index >= 15 is 0 Å². The van der Waals surface area contributed by atoms with Crippen LogP contribution in [0.3, 0.4) is 0 Å². The van der Waals surface area contributed by atoms with Gasteiger partial charge in [-0.1, -0.05) is 42.8 Å². The van der Waals surface area contributed by atoms with Gasteiger partial charge in [0.1, 0.15) is 0 Å². The van der Waals surface area contributed by atoms with Gasteiger partial charge in [-0.05, 0) is 56.1 Å². The molecule has 0 aliphatic carbocycles. The molecule has 0 unspecified atom stereocenters. The standard InChI is InChI=1S/C23H30N2O3/c1-18(28-22-13-7-6-12-21(22)27-2)23(26)24-16-19-10-4-5-11-20(19)17-25-14-8-3-9-15-25/h4-7,10-13,18H,3,8-9,14-17H2,1-2H3,(H,24,26)/t18-/m1/s1. The van der Waals surface area contributed by atoms with Gasteiger partial charge in [-0.15, -0.1) is 0 Å². The van der Waals surface area contributed by atoms with Gasteiger partial charge in [-0.2, -0.15) is 0 Å². The lowest BCUT2D eigenvalue weighted by atomic mass is 10.0. The summed E-state index contributed by atoms with van der Waals surface area (Å²) in [6, 6.07) is 15.7. The summed E-state index contributed by atoms with van der Waals surface area (Å²) < 4.78 is 11.1. The normalized spacial score (nSPS) is 15.6. The highest BCUT2D eigenvalue weighted by atomic mass is 16.5. The first kappa shape index (κ1) is 20.2. The number of nitrogens with one attached hydrogen (secondary N) is 1. The summed E-state index contributed by atoms with van der Waals surface area (Å²) in [5, 5.41) is 3.01. The van der Waals surface area contributed by atoms with Crippen molar-refractivity contribution < 1.29 is 14.3 Å². The number of methoxy groups -OCH3 is 1. The predicted octanol–water partition coefficient (Wildman–Crippen LogP) is 3.76. The summed E-state index contributed by atoms with van der Waals surface area (Å²) in [5.74, 6) is 1.05. The number of likely N-dealkylation sites (tertiary alicyclic amines) is 1. The topological polar surface area (TPSA) is 50.8 Å². The maximum absolute atomic E-state index is 12.5. The zero-order valence-corrected chi connectivity index (χ0v) is 16.8. The quantitative estimate of drug-likeness (QED) is 0.755. The number of nitrogens with zero attached hydrogens (tertiary/aromatic N) is 1. The second-order valence-electron chi connectivity index (χ2n) is 7.23. The molecule has 0 radical (unpaired) electrons. The number of piperidine rings is 1. The van der Waals surface area contributed by atoms with Crippen LogP contribution in [-0.4, -0.2) is 37.1 Å². The Morgan fingerprint density at radius 1 is 1.00 bits per heavy atom. The van der Waals surface area contributed by atoms with E-state index in [2.05, 4.69) is 28.4 Å². The van der Waals surface area contributed by atoms with Crippen LogP contribution >= 0.6 is 0 Å². The third-order valence-corrected chi connectivity index (χ3v) is 5.16. The van der Waals surface area contributed by atoms with Crippen molar-refractivity contribution in [2.24, 2.45) is 0 Å². The minimum atomic E-state index is -0.606. The zero-order valence-electron chi connectivity index (χ0n) is 16.8. The average molecular weight is 383 g/mol. The second-order valence-corrected chi connectivity index (χ2v) is 7.23. The second kappa shape index (κ2) is 10.1. The van der Waals surface area contributed by atoms with E-state index < -0.39 is 6.10 Å². The molecule has 0 saturated carbocycles. The van der Waals surface area contributed by atoms with Crippen LogP contribution in [0.2, 0.25) is 0 Å². The van der Waals surface area contributed by atoms with Crippen LogP contribution in [-0.2, 0) is 17.9 Å². The molecule has 1 atom stereocenters. The third kappa shape index (κ3) is 5.49. The van der Waals surface area contributed by atoms with Crippen molar-refractivity contribution >= 4 is 5.91 Å². The van der Waals surface area contributed by atoms with Gasteiger partial charge in [0.15, 0.2) is 17.6 Å². The molecule has 150 valence electrons. The lowest BCUT2D eigenvalue weighted by molar-refractivity contribution is -0.127. The Morgan fingerprint density at radius 2 is 1.64 bits per heavy atom. The number of hydrogen-bond donors (Lipinski definition) is 1. The Hall–Kier alpha value is -2.53. The van der Waals surface area contributed by atoms with Crippen molar-refractivity contribution in [3.63, 3.8) is 0 Å². The first-order chi connectivity index (χ1) is 13.7. The summed E-state index contributed by atoms with van der Waals surface area (Å²) >= 11 is 0. The summed E-state index contributed by atoms with van der Waals surface area (Å²) in [4.78, 5) is 15.0. The third-order valence-electron chi connectivity index (χ3n) is 5.16. The molecule has 5 heteroatoms. The number of para-hydroxylation sites is 2. The van der Waals surface area contributed by atoms with Crippen LogP contribution in [0.15, 0.2) is 48.5 Å². The van der Waals surface area contributed by atoms with E-state index in [0.717, 1.165) is 25.2 Å². The molecule has 1 amide bonds. The van der Waals surface area contributed by atoms with E-state index in [1.54, 1.807) is 20.1 Å². The Balaban J connectivity index is 1.56. The fourth-order valence-corrected chi connectivity index (χ4v) is 3.53. The number of carbonyl (C=O) groups is 1. The van der Waals surface area contributed by atoms with Crippen LogP contribution in [0.25, 0.3) is 0 Å². The first-order valence-corrected chi connectivity index (χ1v) is 10.0. The van der Waals surface area contributed by atoms with Crippen molar-refractivity contribution in [2.45, 2.75) is 45.4 Å². The largest absolute Gasteiger partial charge is 0.493 e. The maximum Gasteiger partial charge on any atom is 0.261 e. The predicted molar refractivity (Wildman–Crippen MR) is 111 cm³/mol. The highest BCUT2D eigenvalue weighted by Crippen LogP contribution is 2.26. The Bertz CT molecular complexity index is 772. The smallest absolute Gasteiger partial charge is 0.261 e. The zero-order chi connectivity index (χ0) is 19.8. The molecule has 1 saturated heterocycles. The SMILES string of the molecule is COc1ccccc1O[C@H](C)C(=O)NCc1ccccc1CN1CCCCC1. The van der Waals surface area contributed by atoms with Crippen LogP contribution in [0.4, 0.5) is 0 Å². The van der Waals surface area contributed by atoms with E-state index in [9.17, 15) is 4.79 Å². The number of rotatable bonds is 8. The van der Waals surface area contributed by atoms with Crippen LogP contribution < -0.4 is 14.8 Å². The summed E-state index contributed by atoms with van der Waals surface area (Å²) in [6.45, 7) is 5.51. The number of carbonyl (C=O) groups excluding carboxylic acids is 1. The van der Waals surface area contributed by atoms with E-state index in [4.69, 9.17) is 9.47 Å². The molecule has 2 aromatic carbocycles. The molecule has 0 spiro atoms. The number of ether oxygens (including phenoxy) is 2. The van der Waals surface area contributed by atoms with Gasteiger partial charge < -0.3 is 14.8 Å². The molecule has 0 bridgehead atoms. The average Bonchev–Trinajstić information content (AvgIpc) is 2.74. The van der Waals surface area contributed by atoms with Crippen LogP contribution in [0.1, 0.15) is 37.3 Å². The molecule has 1 aliphatic heterocycles. The van der Waals surface area contributed by atoms with Gasteiger partial charge >= 0.3 is 0 Å². The molecule has 1 heterocycles.